The van der Waals surface area contributed by atoms with Crippen LogP contribution in [0.2, 0.25) is 0 Å². The van der Waals surface area contributed by atoms with E-state index >= 15 is 0 Å². The molecule has 5 nitrogen and oxygen atoms in total. The molecule has 0 spiro atoms. The van der Waals surface area contributed by atoms with Crippen molar-refractivity contribution in [2.24, 2.45) is 5.73 Å². The predicted octanol–water partition coefficient (Wildman–Crippen LogP) is 1.47. The molecule has 0 aliphatic heterocycles. The molecule has 0 amide bonds. The third kappa shape index (κ3) is 3.32. The lowest BCUT2D eigenvalue weighted by Crippen LogP contribution is -2.04. The van der Waals surface area contributed by atoms with Crippen LogP contribution in [0.25, 0.3) is 0 Å². The quantitative estimate of drug-likeness (QED) is 0.824. The molecule has 3 N–H and O–H groups in total. The highest BCUT2D eigenvalue weighted by Crippen LogP contribution is 2.21. The van der Waals surface area contributed by atoms with E-state index in [0.29, 0.717) is 13.0 Å². The van der Waals surface area contributed by atoms with Crippen LogP contribution in [0.15, 0.2) is 18.2 Å². The zero-order valence-electron chi connectivity index (χ0n) is 11.4. The van der Waals surface area contributed by atoms with E-state index in [4.69, 9.17) is 10.5 Å². The maximum atomic E-state index is 5.48. The lowest BCUT2D eigenvalue weighted by molar-refractivity contribution is 0.410. The molecular weight excluding hydrogens is 240 g/mol. The molecule has 1 aromatic carbocycles. The molecule has 0 aliphatic rings. The number of nitrogens with two attached hydrogens (primary N) is 1. The fourth-order valence-corrected chi connectivity index (χ4v) is 2.07. The minimum atomic E-state index is 0.569. The highest BCUT2D eigenvalue weighted by molar-refractivity contribution is 5.38. The van der Waals surface area contributed by atoms with Gasteiger partial charge in [0.1, 0.15) is 11.6 Å². The van der Waals surface area contributed by atoms with Crippen molar-refractivity contribution in [3.05, 3.63) is 41.0 Å². The molecule has 1 heterocycles. The number of methoxy groups -OCH3 is 1. The van der Waals surface area contributed by atoms with Crippen molar-refractivity contribution in [2.75, 3.05) is 13.7 Å². The molecule has 2 rings (SSSR count). The normalized spacial score (nSPS) is 10.7. The van der Waals surface area contributed by atoms with Gasteiger partial charge in [0, 0.05) is 12.8 Å². The summed E-state index contributed by atoms with van der Waals surface area (Å²) in [4.78, 5) is 4.42. The number of aryl methyl sites for hydroxylation is 1. The summed E-state index contributed by atoms with van der Waals surface area (Å²) in [6.07, 6.45) is 2.40. The Morgan fingerprint density at radius 1 is 1.37 bits per heavy atom. The minimum Gasteiger partial charge on any atom is -0.496 e. The molecule has 0 aliphatic carbocycles. The second kappa shape index (κ2) is 6.33. The highest BCUT2D eigenvalue weighted by Gasteiger charge is 2.06. The molecule has 1 aromatic heterocycles. The Kier molecular flexibility index (Phi) is 4.52. The van der Waals surface area contributed by atoms with Gasteiger partial charge < -0.3 is 10.5 Å². The smallest absolute Gasteiger partial charge is 0.151 e. The molecule has 5 heteroatoms. The SMILES string of the molecule is CCc1cc(Cc2nc(CCN)n[nH]2)ccc1OC. The molecule has 0 unspecified atom stereocenters. The van der Waals surface area contributed by atoms with E-state index in [1.54, 1.807) is 7.11 Å². The number of aromatic amines is 1. The molecule has 0 bridgehead atoms. The predicted molar refractivity (Wildman–Crippen MR) is 74.3 cm³/mol. The Hall–Kier alpha value is -1.88. The van der Waals surface area contributed by atoms with Crippen LogP contribution in [0.4, 0.5) is 0 Å². The second-order valence-corrected chi connectivity index (χ2v) is 4.41. The van der Waals surface area contributed by atoms with E-state index in [0.717, 1.165) is 30.2 Å². The highest BCUT2D eigenvalue weighted by atomic mass is 16.5. The fraction of sp³-hybridized carbons (Fsp3) is 0.429. The van der Waals surface area contributed by atoms with Crippen molar-refractivity contribution in [3.8, 4) is 5.75 Å². The minimum absolute atomic E-state index is 0.569. The van der Waals surface area contributed by atoms with Gasteiger partial charge in [-0.3, -0.25) is 5.10 Å². The number of nitrogens with zero attached hydrogens (tertiary/aromatic N) is 2. The Morgan fingerprint density at radius 3 is 2.89 bits per heavy atom. The van der Waals surface area contributed by atoms with Gasteiger partial charge in [0.05, 0.1) is 7.11 Å². The van der Waals surface area contributed by atoms with Crippen molar-refractivity contribution in [1.82, 2.24) is 15.2 Å². The summed E-state index contributed by atoms with van der Waals surface area (Å²) in [6, 6.07) is 6.22. The first-order valence-corrected chi connectivity index (χ1v) is 6.52. The van der Waals surface area contributed by atoms with Crippen LogP contribution in [0.3, 0.4) is 0 Å². The first kappa shape index (κ1) is 13.5. The zero-order chi connectivity index (χ0) is 13.7. The first-order valence-electron chi connectivity index (χ1n) is 6.52. The summed E-state index contributed by atoms with van der Waals surface area (Å²) in [6.45, 7) is 2.69. The number of hydrogen-bond acceptors (Lipinski definition) is 4. The van der Waals surface area contributed by atoms with Gasteiger partial charge >= 0.3 is 0 Å². The van der Waals surface area contributed by atoms with E-state index in [1.807, 2.05) is 6.07 Å². The van der Waals surface area contributed by atoms with Crippen LogP contribution >= 0.6 is 0 Å². The van der Waals surface area contributed by atoms with E-state index in [1.165, 1.54) is 11.1 Å². The largest absolute Gasteiger partial charge is 0.496 e. The summed E-state index contributed by atoms with van der Waals surface area (Å²) in [7, 11) is 1.70. The number of benzene rings is 1. The average Bonchev–Trinajstić information content (AvgIpc) is 2.86. The first-order chi connectivity index (χ1) is 9.26. The number of ether oxygens (including phenoxy) is 1. The molecular formula is C14H20N4O. The Bertz CT molecular complexity index is 536. The zero-order valence-corrected chi connectivity index (χ0v) is 11.4. The molecule has 0 saturated carbocycles. The third-order valence-corrected chi connectivity index (χ3v) is 3.04. The Balaban J connectivity index is 2.13. The van der Waals surface area contributed by atoms with Gasteiger partial charge in [-0.15, -0.1) is 0 Å². The van der Waals surface area contributed by atoms with Crippen molar-refractivity contribution >= 4 is 0 Å². The molecule has 2 aromatic rings. The molecule has 0 atom stereocenters. The van der Waals surface area contributed by atoms with Crippen LogP contribution < -0.4 is 10.5 Å². The summed E-state index contributed by atoms with van der Waals surface area (Å²) in [5, 5.41) is 7.09. The van der Waals surface area contributed by atoms with E-state index in [9.17, 15) is 0 Å². The molecule has 0 saturated heterocycles. The van der Waals surface area contributed by atoms with E-state index in [-0.39, 0.29) is 0 Å². The van der Waals surface area contributed by atoms with Gasteiger partial charge in [0.15, 0.2) is 5.82 Å². The van der Waals surface area contributed by atoms with Crippen molar-refractivity contribution < 1.29 is 4.74 Å². The number of aromatic nitrogens is 3. The van der Waals surface area contributed by atoms with Crippen LogP contribution in [-0.2, 0) is 19.3 Å². The summed E-state index contributed by atoms with van der Waals surface area (Å²) in [5.74, 6) is 2.59. The van der Waals surface area contributed by atoms with E-state index in [2.05, 4.69) is 34.2 Å². The van der Waals surface area contributed by atoms with Crippen LogP contribution in [0.1, 0.15) is 29.7 Å². The third-order valence-electron chi connectivity index (χ3n) is 3.04. The Morgan fingerprint density at radius 2 is 2.21 bits per heavy atom. The van der Waals surface area contributed by atoms with Gasteiger partial charge in [-0.2, -0.15) is 5.10 Å². The average molecular weight is 260 g/mol. The summed E-state index contributed by atoms with van der Waals surface area (Å²) >= 11 is 0. The molecule has 0 radical (unpaired) electrons. The van der Waals surface area contributed by atoms with Crippen LogP contribution in [0, 0.1) is 0 Å². The van der Waals surface area contributed by atoms with Crippen molar-refractivity contribution in [3.63, 3.8) is 0 Å². The maximum absolute atomic E-state index is 5.48. The van der Waals surface area contributed by atoms with Gasteiger partial charge in [-0.25, -0.2) is 4.98 Å². The van der Waals surface area contributed by atoms with Gasteiger partial charge in [-0.1, -0.05) is 19.1 Å². The van der Waals surface area contributed by atoms with Gasteiger partial charge in [0.25, 0.3) is 0 Å². The monoisotopic (exact) mass is 260 g/mol. The van der Waals surface area contributed by atoms with Gasteiger partial charge in [0.2, 0.25) is 0 Å². The summed E-state index contributed by atoms with van der Waals surface area (Å²) in [5.41, 5.74) is 7.90. The van der Waals surface area contributed by atoms with Crippen LogP contribution in [0.5, 0.6) is 5.75 Å². The second-order valence-electron chi connectivity index (χ2n) is 4.41. The Labute approximate surface area is 113 Å². The van der Waals surface area contributed by atoms with Crippen LogP contribution in [-0.4, -0.2) is 28.8 Å². The molecule has 102 valence electrons. The van der Waals surface area contributed by atoms with Gasteiger partial charge in [-0.05, 0) is 30.2 Å². The number of H-pyrrole nitrogens is 1. The lowest BCUT2D eigenvalue weighted by Gasteiger charge is -2.08. The number of rotatable bonds is 6. The number of hydrogen-bond donors (Lipinski definition) is 2. The standard InChI is InChI=1S/C14H20N4O/c1-3-11-8-10(4-5-12(11)19-2)9-14-16-13(6-7-15)17-18-14/h4-5,8H,3,6-7,9,15H2,1-2H3,(H,16,17,18). The maximum Gasteiger partial charge on any atom is 0.151 e. The number of nitrogens with one attached hydrogen (secondary N) is 1. The molecule has 19 heavy (non-hydrogen) atoms. The van der Waals surface area contributed by atoms with Crippen molar-refractivity contribution in [2.45, 2.75) is 26.2 Å². The molecule has 0 fully saturated rings. The van der Waals surface area contributed by atoms with Crippen molar-refractivity contribution in [1.29, 1.82) is 0 Å². The topological polar surface area (TPSA) is 76.8 Å². The summed E-state index contributed by atoms with van der Waals surface area (Å²) < 4.78 is 5.33. The fourth-order valence-electron chi connectivity index (χ4n) is 2.07. The lowest BCUT2D eigenvalue weighted by atomic mass is 10.1. The van der Waals surface area contributed by atoms with E-state index < -0.39 is 0 Å².